The zero-order valence-corrected chi connectivity index (χ0v) is 13.5. The number of carbonyl (C=O) groups excluding carboxylic acids is 1. The average molecular weight is 309 g/mol. The normalized spacial score (nSPS) is 20.8. The summed E-state index contributed by atoms with van der Waals surface area (Å²) in [5.74, 6) is 0.485. The summed E-state index contributed by atoms with van der Waals surface area (Å²) in [5.41, 5.74) is 0. The fourth-order valence-electron chi connectivity index (χ4n) is 1.91. The van der Waals surface area contributed by atoms with Gasteiger partial charge in [-0.1, -0.05) is 13.8 Å². The highest BCUT2D eigenvalue weighted by molar-refractivity contribution is 8.00. The van der Waals surface area contributed by atoms with Gasteiger partial charge in [-0.15, -0.1) is 0 Å². The summed E-state index contributed by atoms with van der Waals surface area (Å²) >= 11 is 1.81. The van der Waals surface area contributed by atoms with Crippen molar-refractivity contribution in [2.75, 3.05) is 31.7 Å². The lowest BCUT2D eigenvalue weighted by molar-refractivity contribution is -0.140. The van der Waals surface area contributed by atoms with Crippen LogP contribution in [0.2, 0.25) is 0 Å². The van der Waals surface area contributed by atoms with E-state index >= 15 is 0 Å². The van der Waals surface area contributed by atoms with Gasteiger partial charge in [0.1, 0.15) is 0 Å². The SMILES string of the molecule is COC(=O)CCCS(=O)(=O)N1CCSC(C)(C)CC1. The lowest BCUT2D eigenvalue weighted by atomic mass is 10.1. The number of esters is 1. The van der Waals surface area contributed by atoms with E-state index in [0.29, 0.717) is 19.5 Å². The van der Waals surface area contributed by atoms with Crippen LogP contribution in [0, 0.1) is 0 Å². The number of hydrogen-bond donors (Lipinski definition) is 0. The second kappa shape index (κ2) is 6.95. The summed E-state index contributed by atoms with van der Waals surface area (Å²) < 4.78 is 30.6. The van der Waals surface area contributed by atoms with Crippen molar-refractivity contribution in [2.24, 2.45) is 0 Å². The van der Waals surface area contributed by atoms with Crippen LogP contribution in [0.4, 0.5) is 0 Å². The van der Waals surface area contributed by atoms with Crippen LogP contribution in [0.1, 0.15) is 33.1 Å². The van der Waals surface area contributed by atoms with E-state index in [-0.39, 0.29) is 22.9 Å². The quantitative estimate of drug-likeness (QED) is 0.720. The van der Waals surface area contributed by atoms with Gasteiger partial charge in [-0.25, -0.2) is 12.7 Å². The van der Waals surface area contributed by atoms with Gasteiger partial charge in [-0.05, 0) is 12.8 Å². The Bertz CT molecular complexity index is 406. The van der Waals surface area contributed by atoms with Crippen LogP contribution in [0.3, 0.4) is 0 Å². The van der Waals surface area contributed by atoms with Crippen LogP contribution in [0.5, 0.6) is 0 Å². The standard InChI is InChI=1S/C12H23NO4S2/c1-12(2)6-7-13(8-9-18-12)19(15,16)10-4-5-11(14)17-3/h4-10H2,1-3H3. The molecule has 1 aliphatic heterocycles. The van der Waals surface area contributed by atoms with Gasteiger partial charge in [0.05, 0.1) is 12.9 Å². The van der Waals surface area contributed by atoms with Gasteiger partial charge in [0.2, 0.25) is 10.0 Å². The first kappa shape index (κ1) is 16.8. The minimum Gasteiger partial charge on any atom is -0.469 e. The lowest BCUT2D eigenvalue weighted by Gasteiger charge is -2.22. The Kier molecular flexibility index (Phi) is 6.14. The molecule has 0 bridgehead atoms. The highest BCUT2D eigenvalue weighted by atomic mass is 32.2. The predicted molar refractivity (Wildman–Crippen MR) is 77.8 cm³/mol. The Morgan fingerprint density at radius 1 is 1.37 bits per heavy atom. The van der Waals surface area contributed by atoms with Gasteiger partial charge in [0.15, 0.2) is 0 Å². The van der Waals surface area contributed by atoms with Gasteiger partial charge in [-0.2, -0.15) is 11.8 Å². The summed E-state index contributed by atoms with van der Waals surface area (Å²) in [6.45, 7) is 5.42. The molecule has 0 atom stereocenters. The van der Waals surface area contributed by atoms with E-state index in [1.165, 1.54) is 7.11 Å². The summed E-state index contributed by atoms with van der Waals surface area (Å²) in [5, 5.41) is 0. The first-order chi connectivity index (χ1) is 8.77. The van der Waals surface area contributed by atoms with Crippen LogP contribution in [0.15, 0.2) is 0 Å². The Morgan fingerprint density at radius 3 is 2.68 bits per heavy atom. The second-order valence-corrected chi connectivity index (χ2v) is 9.14. The Hall–Kier alpha value is -0.270. The molecule has 1 rings (SSSR count). The molecule has 1 saturated heterocycles. The number of sulfonamides is 1. The molecular weight excluding hydrogens is 286 g/mol. The summed E-state index contributed by atoms with van der Waals surface area (Å²) in [6.07, 6.45) is 1.33. The van der Waals surface area contributed by atoms with E-state index in [1.54, 1.807) is 4.31 Å². The number of carbonyl (C=O) groups is 1. The predicted octanol–water partition coefficient (Wildman–Crippen LogP) is 1.49. The molecule has 19 heavy (non-hydrogen) atoms. The van der Waals surface area contributed by atoms with Crippen molar-refractivity contribution < 1.29 is 17.9 Å². The maximum atomic E-state index is 12.2. The van der Waals surface area contributed by atoms with Crippen molar-refractivity contribution in [2.45, 2.75) is 37.9 Å². The number of nitrogens with zero attached hydrogens (tertiary/aromatic N) is 1. The minimum atomic E-state index is -3.25. The molecule has 1 fully saturated rings. The number of hydrogen-bond acceptors (Lipinski definition) is 5. The number of rotatable bonds is 5. The molecule has 0 amide bonds. The Morgan fingerprint density at radius 2 is 2.05 bits per heavy atom. The summed E-state index contributed by atoms with van der Waals surface area (Å²) in [6, 6.07) is 0. The zero-order chi connectivity index (χ0) is 14.5. The third-order valence-electron chi connectivity index (χ3n) is 3.20. The molecule has 0 N–H and O–H groups in total. The zero-order valence-electron chi connectivity index (χ0n) is 11.8. The molecule has 0 saturated carbocycles. The maximum absolute atomic E-state index is 12.2. The lowest BCUT2D eigenvalue weighted by Crippen LogP contribution is -2.35. The summed E-state index contributed by atoms with van der Waals surface area (Å²) in [4.78, 5) is 11.0. The minimum absolute atomic E-state index is 0.0210. The van der Waals surface area contributed by atoms with Crippen molar-refractivity contribution in [3.05, 3.63) is 0 Å². The van der Waals surface area contributed by atoms with E-state index in [0.717, 1.165) is 12.2 Å². The van der Waals surface area contributed by atoms with E-state index in [9.17, 15) is 13.2 Å². The number of ether oxygens (including phenoxy) is 1. The fraction of sp³-hybridized carbons (Fsp3) is 0.917. The maximum Gasteiger partial charge on any atom is 0.305 e. The molecule has 0 spiro atoms. The highest BCUT2D eigenvalue weighted by Crippen LogP contribution is 2.31. The van der Waals surface area contributed by atoms with E-state index in [4.69, 9.17) is 0 Å². The molecule has 0 aromatic heterocycles. The van der Waals surface area contributed by atoms with Crippen LogP contribution >= 0.6 is 11.8 Å². The van der Waals surface area contributed by atoms with Crippen LogP contribution < -0.4 is 0 Å². The van der Waals surface area contributed by atoms with Crippen molar-refractivity contribution in [1.29, 1.82) is 0 Å². The third-order valence-corrected chi connectivity index (χ3v) is 6.53. The van der Waals surface area contributed by atoms with Crippen LogP contribution in [-0.2, 0) is 19.6 Å². The van der Waals surface area contributed by atoms with Gasteiger partial charge in [-0.3, -0.25) is 4.79 Å². The molecule has 1 aliphatic rings. The molecule has 1 heterocycles. The van der Waals surface area contributed by atoms with Crippen molar-refractivity contribution in [3.8, 4) is 0 Å². The Labute approximate surface area is 120 Å². The average Bonchev–Trinajstić information content (AvgIpc) is 2.50. The molecule has 0 aliphatic carbocycles. The largest absolute Gasteiger partial charge is 0.469 e. The van der Waals surface area contributed by atoms with Crippen molar-refractivity contribution >= 4 is 27.8 Å². The molecule has 7 heteroatoms. The van der Waals surface area contributed by atoms with Crippen molar-refractivity contribution in [3.63, 3.8) is 0 Å². The third kappa shape index (κ3) is 5.71. The molecule has 0 unspecified atom stereocenters. The molecule has 0 radical (unpaired) electrons. The van der Waals surface area contributed by atoms with Gasteiger partial charge in [0.25, 0.3) is 0 Å². The topological polar surface area (TPSA) is 63.7 Å². The molecular formula is C12H23NO4S2. The number of methoxy groups -OCH3 is 1. The smallest absolute Gasteiger partial charge is 0.305 e. The van der Waals surface area contributed by atoms with Crippen LogP contribution in [-0.4, -0.2) is 55.1 Å². The molecule has 5 nitrogen and oxygen atoms in total. The fourth-order valence-corrected chi connectivity index (χ4v) is 4.63. The first-order valence-corrected chi connectivity index (χ1v) is 9.05. The molecule has 0 aromatic rings. The van der Waals surface area contributed by atoms with Gasteiger partial charge < -0.3 is 4.74 Å². The van der Waals surface area contributed by atoms with E-state index in [2.05, 4.69) is 18.6 Å². The van der Waals surface area contributed by atoms with Gasteiger partial charge >= 0.3 is 5.97 Å². The van der Waals surface area contributed by atoms with Gasteiger partial charge in [0, 0.05) is 30.0 Å². The Balaban J connectivity index is 2.50. The molecule has 112 valence electrons. The second-order valence-electron chi connectivity index (χ2n) is 5.25. The van der Waals surface area contributed by atoms with Crippen LogP contribution in [0.25, 0.3) is 0 Å². The molecule has 0 aromatic carbocycles. The summed E-state index contributed by atoms with van der Waals surface area (Å²) in [7, 11) is -1.94. The van der Waals surface area contributed by atoms with E-state index in [1.807, 2.05) is 11.8 Å². The monoisotopic (exact) mass is 309 g/mol. The van der Waals surface area contributed by atoms with E-state index < -0.39 is 10.0 Å². The number of thioether (sulfide) groups is 1. The van der Waals surface area contributed by atoms with Crippen molar-refractivity contribution in [1.82, 2.24) is 4.31 Å². The first-order valence-electron chi connectivity index (χ1n) is 6.45. The highest BCUT2D eigenvalue weighted by Gasteiger charge is 2.29.